The van der Waals surface area contributed by atoms with Crippen molar-refractivity contribution in [1.82, 2.24) is 10.2 Å². The van der Waals surface area contributed by atoms with Crippen LogP contribution in [-0.2, 0) is 26.3 Å². The molecule has 1 amide bonds. The largest absolute Gasteiger partial charge is 0.380 e. The summed E-state index contributed by atoms with van der Waals surface area (Å²) in [7, 11) is 0. The monoisotopic (exact) mass is 424 g/mol. The van der Waals surface area contributed by atoms with Crippen LogP contribution in [0.15, 0.2) is 36.4 Å². The molecule has 5 nitrogen and oxygen atoms in total. The van der Waals surface area contributed by atoms with Crippen molar-refractivity contribution in [2.24, 2.45) is 11.3 Å². The van der Waals surface area contributed by atoms with E-state index in [1.807, 2.05) is 11.3 Å². The number of amides is 1. The van der Waals surface area contributed by atoms with E-state index >= 15 is 0 Å². The number of piperidine rings is 1. The molecule has 1 aromatic carbocycles. The molecule has 6 heteroatoms. The highest BCUT2D eigenvalue weighted by molar-refractivity contribution is 7.15. The van der Waals surface area contributed by atoms with Crippen molar-refractivity contribution in [3.8, 4) is 10.4 Å². The van der Waals surface area contributed by atoms with E-state index in [2.05, 4.69) is 46.6 Å². The van der Waals surface area contributed by atoms with Crippen LogP contribution in [0.2, 0.25) is 0 Å². The number of hydrogen-bond donors (Lipinski definition) is 1. The second-order valence-electron chi connectivity index (χ2n) is 9.20. The number of hydrogen-bond acceptors (Lipinski definition) is 5. The van der Waals surface area contributed by atoms with Crippen molar-refractivity contribution in [2.45, 2.75) is 24.9 Å². The van der Waals surface area contributed by atoms with Crippen LogP contribution < -0.4 is 5.32 Å². The molecule has 158 valence electrons. The van der Waals surface area contributed by atoms with E-state index in [1.165, 1.54) is 20.9 Å². The summed E-state index contributed by atoms with van der Waals surface area (Å²) in [4.78, 5) is 18.3. The summed E-state index contributed by atoms with van der Waals surface area (Å²) in [6.45, 7) is 5.24. The van der Waals surface area contributed by atoms with Crippen molar-refractivity contribution in [3.63, 3.8) is 0 Å². The molecule has 2 aromatic rings. The van der Waals surface area contributed by atoms with Gasteiger partial charge in [-0.15, -0.1) is 11.3 Å². The zero-order valence-electron chi connectivity index (χ0n) is 17.2. The molecule has 1 spiro atoms. The molecule has 1 aromatic heterocycles. The number of nitrogens with one attached hydrogen (secondary N) is 1. The van der Waals surface area contributed by atoms with Gasteiger partial charge < -0.3 is 19.7 Å². The van der Waals surface area contributed by atoms with Crippen molar-refractivity contribution in [3.05, 3.63) is 46.8 Å². The van der Waals surface area contributed by atoms with Crippen molar-refractivity contribution in [2.75, 3.05) is 46.0 Å². The maximum Gasteiger partial charge on any atom is 0.232 e. The first-order valence-electron chi connectivity index (χ1n) is 11.1. The lowest BCUT2D eigenvalue weighted by molar-refractivity contribution is -0.151. The normalized spacial score (nSPS) is 29.7. The Morgan fingerprint density at radius 2 is 2.03 bits per heavy atom. The Morgan fingerprint density at radius 1 is 1.20 bits per heavy atom. The molecule has 0 aliphatic carbocycles. The number of carbonyl (C=O) groups excluding carboxylic acids is 1. The molecule has 5 heterocycles. The highest BCUT2D eigenvalue weighted by Crippen LogP contribution is 2.47. The first kappa shape index (κ1) is 19.0. The van der Waals surface area contributed by atoms with E-state index in [1.54, 1.807) is 0 Å². The maximum absolute atomic E-state index is 13.5. The summed E-state index contributed by atoms with van der Waals surface area (Å²) < 4.78 is 12.2. The summed E-state index contributed by atoms with van der Waals surface area (Å²) in [5.41, 5.74) is 2.07. The zero-order chi connectivity index (χ0) is 20.2. The van der Waals surface area contributed by atoms with Gasteiger partial charge in [-0.05, 0) is 30.0 Å². The Kier molecular flexibility index (Phi) is 4.53. The fourth-order valence-electron chi connectivity index (χ4n) is 5.85. The first-order valence-corrected chi connectivity index (χ1v) is 11.9. The lowest BCUT2D eigenvalue weighted by atomic mass is 9.77. The van der Waals surface area contributed by atoms with Crippen LogP contribution in [-0.4, -0.2) is 56.8 Å². The van der Waals surface area contributed by atoms with Crippen LogP contribution in [0.25, 0.3) is 10.4 Å². The van der Waals surface area contributed by atoms with Gasteiger partial charge in [-0.3, -0.25) is 4.79 Å². The Bertz CT molecular complexity index is 939. The number of fused-ring (bicyclic) bond motifs is 3. The van der Waals surface area contributed by atoms with Gasteiger partial charge >= 0.3 is 0 Å². The molecule has 0 unspecified atom stereocenters. The van der Waals surface area contributed by atoms with Crippen molar-refractivity contribution < 1.29 is 14.3 Å². The van der Waals surface area contributed by atoms with E-state index in [9.17, 15) is 4.79 Å². The third-order valence-electron chi connectivity index (χ3n) is 7.64. The summed E-state index contributed by atoms with van der Waals surface area (Å²) in [5.74, 6) is 0.611. The minimum Gasteiger partial charge on any atom is -0.380 e. The number of nitrogens with zero attached hydrogens (tertiary/aromatic N) is 1. The molecule has 30 heavy (non-hydrogen) atoms. The summed E-state index contributed by atoms with van der Waals surface area (Å²) in [5, 5.41) is 3.42. The Balaban J connectivity index is 1.23. The fraction of sp³-hybridized carbons (Fsp3) is 0.542. The number of likely N-dealkylation sites (tertiary alicyclic amines) is 1. The summed E-state index contributed by atoms with van der Waals surface area (Å²) in [6, 6.07) is 13.0. The number of benzene rings is 1. The molecule has 4 aliphatic heterocycles. The molecule has 3 saturated heterocycles. The van der Waals surface area contributed by atoms with Gasteiger partial charge in [0.25, 0.3) is 0 Å². The minimum absolute atomic E-state index is 0.231. The predicted octanol–water partition coefficient (Wildman–Crippen LogP) is 3.04. The lowest BCUT2D eigenvalue weighted by Gasteiger charge is -2.45. The van der Waals surface area contributed by atoms with Crippen LogP contribution in [0.1, 0.15) is 23.3 Å². The van der Waals surface area contributed by atoms with Crippen LogP contribution in [0.3, 0.4) is 0 Å². The molecule has 0 saturated carbocycles. The number of carbonyl (C=O) groups is 1. The average Bonchev–Trinajstić information content (AvgIpc) is 3.49. The third-order valence-corrected chi connectivity index (χ3v) is 8.89. The smallest absolute Gasteiger partial charge is 0.232 e. The van der Waals surface area contributed by atoms with E-state index in [4.69, 9.17) is 9.47 Å². The van der Waals surface area contributed by atoms with Gasteiger partial charge in [0.15, 0.2) is 0 Å². The summed E-state index contributed by atoms with van der Waals surface area (Å²) in [6.07, 6.45) is 2.75. The van der Waals surface area contributed by atoms with Crippen LogP contribution >= 0.6 is 11.3 Å². The maximum atomic E-state index is 13.5. The Hall–Kier alpha value is -1.73. The van der Waals surface area contributed by atoms with Crippen molar-refractivity contribution in [1.29, 1.82) is 0 Å². The standard InChI is InChI=1S/C24H28N2O3S/c27-22(23-15-25-13-18(23)14-28-16-23)26-9-7-24(8-10-26)19-12-21(17-4-2-1-3-5-17)30-20(19)6-11-29-24/h1-5,12,18,25H,6-11,13-16H2/t18-,23-/m0/s1. The number of rotatable bonds is 2. The van der Waals surface area contributed by atoms with Gasteiger partial charge in [-0.1, -0.05) is 30.3 Å². The molecule has 4 aliphatic rings. The van der Waals surface area contributed by atoms with E-state index in [0.29, 0.717) is 19.1 Å². The second-order valence-corrected chi connectivity index (χ2v) is 10.3. The molecule has 0 radical (unpaired) electrons. The van der Waals surface area contributed by atoms with Gasteiger partial charge in [0, 0.05) is 48.3 Å². The number of ether oxygens (including phenoxy) is 2. The van der Waals surface area contributed by atoms with Crippen LogP contribution in [0, 0.1) is 11.3 Å². The topological polar surface area (TPSA) is 50.8 Å². The average molecular weight is 425 g/mol. The third kappa shape index (κ3) is 2.81. The van der Waals surface area contributed by atoms with Gasteiger partial charge in [-0.2, -0.15) is 0 Å². The van der Waals surface area contributed by atoms with E-state index in [0.717, 1.165) is 52.0 Å². The number of thiophene rings is 1. The van der Waals surface area contributed by atoms with E-state index < -0.39 is 0 Å². The zero-order valence-corrected chi connectivity index (χ0v) is 18.0. The molecule has 2 atom stereocenters. The molecule has 6 rings (SSSR count). The van der Waals surface area contributed by atoms with Gasteiger partial charge in [0.1, 0.15) is 0 Å². The predicted molar refractivity (Wildman–Crippen MR) is 117 cm³/mol. The van der Waals surface area contributed by atoms with E-state index in [-0.39, 0.29) is 16.9 Å². The highest BCUT2D eigenvalue weighted by Gasteiger charge is 2.55. The van der Waals surface area contributed by atoms with Crippen molar-refractivity contribution >= 4 is 17.2 Å². The summed E-state index contributed by atoms with van der Waals surface area (Å²) >= 11 is 1.91. The lowest BCUT2D eigenvalue weighted by Crippen LogP contribution is -2.54. The van der Waals surface area contributed by atoms with Gasteiger partial charge in [0.2, 0.25) is 5.91 Å². The quantitative estimate of drug-likeness (QED) is 0.805. The molecule has 0 bridgehead atoms. The Morgan fingerprint density at radius 3 is 2.87 bits per heavy atom. The van der Waals surface area contributed by atoms with Crippen LogP contribution in [0.5, 0.6) is 0 Å². The fourth-order valence-corrected chi connectivity index (χ4v) is 7.09. The first-order chi connectivity index (χ1) is 14.7. The molecular formula is C24H28N2O3S. The SMILES string of the molecule is O=C(N1CCC2(CC1)OCCc1sc(-c3ccccc3)cc12)[C@]12CNC[C@H]1COC2. The van der Waals surface area contributed by atoms with Gasteiger partial charge in [0.05, 0.1) is 30.8 Å². The highest BCUT2D eigenvalue weighted by atomic mass is 32.1. The van der Waals surface area contributed by atoms with Gasteiger partial charge in [-0.25, -0.2) is 0 Å². The molecule has 3 fully saturated rings. The van der Waals surface area contributed by atoms with Crippen LogP contribution in [0.4, 0.5) is 0 Å². The Labute approximate surface area is 181 Å². The second kappa shape index (κ2) is 7.16. The molecular weight excluding hydrogens is 396 g/mol. The molecule has 1 N–H and O–H groups in total. The minimum atomic E-state index is -0.341.